The molecule has 1 heterocycles. The molecule has 4 heteroatoms. The number of hydrogen-bond acceptors (Lipinski definition) is 2. The highest BCUT2D eigenvalue weighted by Crippen LogP contribution is 2.17. The maximum atomic E-state index is 12.2. The first-order valence-corrected chi connectivity index (χ1v) is 7.37. The van der Waals surface area contributed by atoms with Gasteiger partial charge in [-0.2, -0.15) is 0 Å². The molecule has 0 bridgehead atoms. The molecule has 1 aliphatic heterocycles. The predicted molar refractivity (Wildman–Crippen MR) is 82.3 cm³/mol. The lowest BCUT2D eigenvalue weighted by molar-refractivity contribution is 0.0951. The van der Waals surface area contributed by atoms with E-state index in [4.69, 9.17) is 0 Å². The molecule has 0 atom stereocenters. The van der Waals surface area contributed by atoms with Gasteiger partial charge >= 0.3 is 0 Å². The fraction of sp³-hybridized carbons (Fsp3) is 0.188. The van der Waals surface area contributed by atoms with Crippen molar-refractivity contribution in [1.29, 1.82) is 0 Å². The zero-order valence-electron chi connectivity index (χ0n) is 10.9. The lowest BCUT2D eigenvalue weighted by Gasteiger charge is -2.07. The van der Waals surface area contributed by atoms with Crippen molar-refractivity contribution < 1.29 is 4.79 Å². The van der Waals surface area contributed by atoms with Gasteiger partial charge in [0.25, 0.3) is 5.91 Å². The third kappa shape index (κ3) is 2.92. The van der Waals surface area contributed by atoms with Crippen LogP contribution in [0.3, 0.4) is 0 Å². The third-order valence-corrected chi connectivity index (χ3v) is 3.93. The first-order chi connectivity index (χ1) is 9.72. The molecule has 2 N–H and O–H groups in total. The van der Waals surface area contributed by atoms with E-state index in [1.165, 1.54) is 11.1 Å². The van der Waals surface area contributed by atoms with E-state index in [-0.39, 0.29) is 5.91 Å². The summed E-state index contributed by atoms with van der Waals surface area (Å²) in [5.74, 6) is -0.0281. The van der Waals surface area contributed by atoms with Gasteiger partial charge in [-0.1, -0.05) is 34.1 Å². The number of nitrogens with one attached hydrogen (secondary N) is 2. The van der Waals surface area contributed by atoms with Gasteiger partial charge in [0.15, 0.2) is 0 Å². The van der Waals surface area contributed by atoms with E-state index in [9.17, 15) is 4.79 Å². The second-order valence-corrected chi connectivity index (χ2v) is 5.82. The summed E-state index contributed by atoms with van der Waals surface area (Å²) in [6.07, 6.45) is 0. The zero-order chi connectivity index (χ0) is 13.9. The number of carbonyl (C=O) groups is 1. The monoisotopic (exact) mass is 330 g/mol. The summed E-state index contributed by atoms with van der Waals surface area (Å²) < 4.78 is 1.02. The van der Waals surface area contributed by atoms with Crippen molar-refractivity contribution in [3.63, 3.8) is 0 Å². The molecule has 3 rings (SSSR count). The molecule has 20 heavy (non-hydrogen) atoms. The maximum absolute atomic E-state index is 12.2. The lowest BCUT2D eigenvalue weighted by Crippen LogP contribution is -2.22. The number of amides is 1. The first kappa shape index (κ1) is 13.3. The smallest absolute Gasteiger partial charge is 0.251 e. The van der Waals surface area contributed by atoms with E-state index in [0.29, 0.717) is 6.54 Å². The fourth-order valence-electron chi connectivity index (χ4n) is 2.37. The Hall–Kier alpha value is -1.65. The van der Waals surface area contributed by atoms with E-state index in [1.807, 2.05) is 42.5 Å². The molecule has 102 valence electrons. The first-order valence-electron chi connectivity index (χ1n) is 6.57. The van der Waals surface area contributed by atoms with Gasteiger partial charge in [-0.25, -0.2) is 0 Å². The molecule has 1 amide bonds. The second-order valence-electron chi connectivity index (χ2n) is 4.90. The van der Waals surface area contributed by atoms with Crippen LogP contribution in [0.5, 0.6) is 0 Å². The summed E-state index contributed by atoms with van der Waals surface area (Å²) in [7, 11) is 0. The fourth-order valence-corrected chi connectivity index (χ4v) is 2.81. The van der Waals surface area contributed by atoms with Crippen LogP contribution in [-0.2, 0) is 19.6 Å². The molecule has 0 saturated carbocycles. The molecule has 0 unspecified atom stereocenters. The van der Waals surface area contributed by atoms with Gasteiger partial charge in [0.05, 0.1) is 0 Å². The van der Waals surface area contributed by atoms with Gasteiger partial charge in [0.2, 0.25) is 0 Å². The maximum Gasteiger partial charge on any atom is 0.251 e. The second kappa shape index (κ2) is 5.77. The average molecular weight is 331 g/mol. The normalized spacial score (nSPS) is 13.1. The molecule has 0 saturated heterocycles. The molecule has 0 aliphatic carbocycles. The summed E-state index contributed by atoms with van der Waals surface area (Å²) in [5.41, 5.74) is 4.31. The molecule has 2 aromatic rings. The van der Waals surface area contributed by atoms with Crippen molar-refractivity contribution >= 4 is 21.8 Å². The largest absolute Gasteiger partial charge is 0.348 e. The van der Waals surface area contributed by atoms with Gasteiger partial charge in [0.1, 0.15) is 0 Å². The quantitative estimate of drug-likeness (QED) is 0.908. The van der Waals surface area contributed by atoms with Crippen LogP contribution < -0.4 is 10.6 Å². The summed E-state index contributed by atoms with van der Waals surface area (Å²) >= 11 is 3.43. The van der Waals surface area contributed by atoms with Crippen LogP contribution >= 0.6 is 15.9 Å². The van der Waals surface area contributed by atoms with Crippen LogP contribution in [0.1, 0.15) is 27.0 Å². The van der Waals surface area contributed by atoms with Crippen molar-refractivity contribution in [2.75, 3.05) is 0 Å². The summed E-state index contributed by atoms with van der Waals surface area (Å²) in [6, 6.07) is 13.8. The molecule has 0 radical (unpaired) electrons. The van der Waals surface area contributed by atoms with Crippen molar-refractivity contribution in [3.05, 3.63) is 69.2 Å². The number of carbonyl (C=O) groups excluding carboxylic acids is 1. The topological polar surface area (TPSA) is 41.1 Å². The van der Waals surface area contributed by atoms with E-state index in [1.54, 1.807) is 0 Å². The summed E-state index contributed by atoms with van der Waals surface area (Å²) in [4.78, 5) is 12.2. The minimum Gasteiger partial charge on any atom is -0.348 e. The highest BCUT2D eigenvalue weighted by molar-refractivity contribution is 9.10. The van der Waals surface area contributed by atoms with Crippen LogP contribution in [0.2, 0.25) is 0 Å². The van der Waals surface area contributed by atoms with Gasteiger partial charge < -0.3 is 10.6 Å². The lowest BCUT2D eigenvalue weighted by atomic mass is 10.1. The van der Waals surface area contributed by atoms with E-state index < -0.39 is 0 Å². The van der Waals surface area contributed by atoms with Crippen LogP contribution in [0, 0.1) is 0 Å². The van der Waals surface area contributed by atoms with Crippen LogP contribution in [0.4, 0.5) is 0 Å². The minimum absolute atomic E-state index is 0.0281. The molecule has 0 fully saturated rings. The molecule has 3 nitrogen and oxygen atoms in total. The van der Waals surface area contributed by atoms with Crippen LogP contribution in [0.25, 0.3) is 0 Å². The van der Waals surface area contributed by atoms with Gasteiger partial charge in [-0.15, -0.1) is 0 Å². The van der Waals surface area contributed by atoms with Crippen molar-refractivity contribution in [2.24, 2.45) is 0 Å². The van der Waals surface area contributed by atoms with Crippen LogP contribution in [0.15, 0.2) is 46.9 Å². The summed E-state index contributed by atoms with van der Waals surface area (Å²) in [5, 5.41) is 6.23. The Bertz CT molecular complexity index is 655. The minimum atomic E-state index is -0.0281. The Morgan fingerprint density at radius 1 is 1.15 bits per heavy atom. The van der Waals surface area contributed by atoms with Crippen molar-refractivity contribution in [2.45, 2.75) is 19.6 Å². The highest BCUT2D eigenvalue weighted by atomic mass is 79.9. The van der Waals surface area contributed by atoms with E-state index in [0.717, 1.165) is 28.7 Å². The standard InChI is InChI=1S/C16H15BrN2O/c17-15-3-1-2-11(6-15)8-19-16(20)12-4-5-13-9-18-10-14(13)7-12/h1-7,18H,8-10H2,(H,19,20). The highest BCUT2D eigenvalue weighted by Gasteiger charge is 2.13. The van der Waals surface area contributed by atoms with E-state index in [2.05, 4.69) is 26.6 Å². The molecule has 2 aromatic carbocycles. The molecule has 0 spiro atoms. The third-order valence-electron chi connectivity index (χ3n) is 3.44. The Kier molecular flexibility index (Phi) is 3.85. The number of benzene rings is 2. The molecule has 1 aliphatic rings. The predicted octanol–water partition coefficient (Wildman–Crippen LogP) is 2.98. The van der Waals surface area contributed by atoms with Gasteiger partial charge in [-0.3, -0.25) is 4.79 Å². The van der Waals surface area contributed by atoms with Crippen molar-refractivity contribution in [1.82, 2.24) is 10.6 Å². The number of fused-ring (bicyclic) bond motifs is 1. The van der Waals surface area contributed by atoms with Gasteiger partial charge in [-0.05, 0) is 41.0 Å². The Morgan fingerprint density at radius 2 is 2.00 bits per heavy atom. The molecular weight excluding hydrogens is 316 g/mol. The number of hydrogen-bond donors (Lipinski definition) is 2. The number of rotatable bonds is 3. The SMILES string of the molecule is O=C(NCc1cccc(Br)c1)c1ccc2c(c1)CNC2. The van der Waals surface area contributed by atoms with E-state index >= 15 is 0 Å². The Morgan fingerprint density at radius 3 is 2.85 bits per heavy atom. The Balaban J connectivity index is 1.67. The van der Waals surface area contributed by atoms with Crippen LogP contribution in [-0.4, -0.2) is 5.91 Å². The number of halogens is 1. The molecular formula is C16H15BrN2O. The van der Waals surface area contributed by atoms with Crippen molar-refractivity contribution in [3.8, 4) is 0 Å². The molecule has 0 aromatic heterocycles. The van der Waals surface area contributed by atoms with Gasteiger partial charge in [0, 0.05) is 29.7 Å². The zero-order valence-corrected chi connectivity index (χ0v) is 12.5. The summed E-state index contributed by atoms with van der Waals surface area (Å²) in [6.45, 7) is 2.28. The Labute approximate surface area is 126 Å². The average Bonchev–Trinajstić information content (AvgIpc) is 2.92.